The second-order valence-electron chi connectivity index (χ2n) is 7.67. The van der Waals surface area contributed by atoms with E-state index in [0.29, 0.717) is 5.92 Å². The van der Waals surface area contributed by atoms with Gasteiger partial charge in [0.2, 0.25) is 0 Å². The van der Waals surface area contributed by atoms with E-state index in [1.807, 2.05) is 0 Å². The Morgan fingerprint density at radius 2 is 1.85 bits per heavy atom. The first kappa shape index (κ1) is 21.1. The maximum Gasteiger partial charge on any atom is 0.325 e. The number of imide groups is 1. The number of fused-ring (bicyclic) bond motifs is 1. The number of carbonyl (C=O) groups excluding carboxylic acids is 2. The molecular weight excluding hydrogens is 348 g/mol. The minimum absolute atomic E-state index is 0.215. The number of rotatable bonds is 10. The molecule has 0 aromatic carbocycles. The average Bonchev–Trinajstić information content (AvgIpc) is 2.95. The van der Waals surface area contributed by atoms with Gasteiger partial charge in [0.25, 0.3) is 5.91 Å². The fourth-order valence-corrected chi connectivity index (χ4v) is 4.63. The molecule has 148 valence electrons. The van der Waals surface area contributed by atoms with Crippen LogP contribution in [0.25, 0.3) is 0 Å². The van der Waals surface area contributed by atoms with Crippen LogP contribution in [0.4, 0.5) is 4.79 Å². The van der Waals surface area contributed by atoms with Gasteiger partial charge < -0.3 is 9.80 Å². The van der Waals surface area contributed by atoms with E-state index in [1.54, 1.807) is 23.7 Å². The van der Waals surface area contributed by atoms with Gasteiger partial charge in [-0.2, -0.15) is 0 Å². The molecule has 0 spiro atoms. The SMILES string of the molecule is CCCCCCCCN1C(SCCC(C)C)=NC2C1C(=O)NC(=O)N2C. The van der Waals surface area contributed by atoms with Gasteiger partial charge in [0.15, 0.2) is 17.4 Å². The molecular formula is C19H34N4O2S. The maximum atomic E-state index is 12.5. The molecule has 1 saturated heterocycles. The lowest BCUT2D eigenvalue weighted by Crippen LogP contribution is -2.63. The number of urea groups is 1. The summed E-state index contributed by atoms with van der Waals surface area (Å²) in [5.74, 6) is 1.42. The van der Waals surface area contributed by atoms with Crippen molar-refractivity contribution in [3.05, 3.63) is 0 Å². The van der Waals surface area contributed by atoms with E-state index >= 15 is 0 Å². The standard InChI is InChI=1S/C19H34N4O2S/c1-5-6-7-8-9-10-12-23-15-16(22(4)18(25)21-17(15)24)20-19(23)26-13-11-14(2)3/h14-16H,5-13H2,1-4H3,(H,21,24,25). The van der Waals surface area contributed by atoms with Crippen LogP contribution in [0.15, 0.2) is 4.99 Å². The predicted octanol–water partition coefficient (Wildman–Crippen LogP) is 3.67. The van der Waals surface area contributed by atoms with Crippen LogP contribution < -0.4 is 5.32 Å². The lowest BCUT2D eigenvalue weighted by Gasteiger charge is -2.36. The summed E-state index contributed by atoms with van der Waals surface area (Å²) in [6.45, 7) is 7.48. The maximum absolute atomic E-state index is 12.5. The van der Waals surface area contributed by atoms with E-state index < -0.39 is 6.17 Å². The second kappa shape index (κ2) is 10.2. The van der Waals surface area contributed by atoms with E-state index in [1.165, 1.54) is 32.1 Å². The van der Waals surface area contributed by atoms with Crippen molar-refractivity contribution in [2.45, 2.75) is 77.9 Å². The number of hydrogen-bond acceptors (Lipinski definition) is 5. The number of amidine groups is 1. The van der Waals surface area contributed by atoms with E-state index in [9.17, 15) is 9.59 Å². The predicted molar refractivity (Wildman–Crippen MR) is 108 cm³/mol. The summed E-state index contributed by atoms with van der Waals surface area (Å²) >= 11 is 1.72. The Balaban J connectivity index is 1.98. The summed E-state index contributed by atoms with van der Waals surface area (Å²) in [6.07, 6.45) is 8.03. The van der Waals surface area contributed by atoms with Crippen LogP contribution in [-0.4, -0.2) is 58.5 Å². The Bertz CT molecular complexity index is 524. The number of carbonyl (C=O) groups is 2. The van der Waals surface area contributed by atoms with Crippen molar-refractivity contribution in [1.82, 2.24) is 15.1 Å². The topological polar surface area (TPSA) is 65.0 Å². The van der Waals surface area contributed by atoms with Gasteiger partial charge in [-0.1, -0.05) is 64.6 Å². The Morgan fingerprint density at radius 1 is 1.15 bits per heavy atom. The lowest BCUT2D eigenvalue weighted by molar-refractivity contribution is -0.127. The molecule has 0 radical (unpaired) electrons. The molecule has 1 fully saturated rings. The highest BCUT2D eigenvalue weighted by atomic mass is 32.2. The summed E-state index contributed by atoms with van der Waals surface area (Å²) in [4.78, 5) is 32.8. The Hall–Kier alpha value is -1.24. The molecule has 2 unspecified atom stereocenters. The van der Waals surface area contributed by atoms with Crippen molar-refractivity contribution < 1.29 is 9.59 Å². The van der Waals surface area contributed by atoms with Crippen molar-refractivity contribution in [2.24, 2.45) is 10.9 Å². The quantitative estimate of drug-likeness (QED) is 0.586. The molecule has 2 atom stereocenters. The summed E-state index contributed by atoms with van der Waals surface area (Å²) in [5, 5.41) is 3.39. The van der Waals surface area contributed by atoms with Crippen LogP contribution in [0, 0.1) is 5.92 Å². The average molecular weight is 383 g/mol. The molecule has 26 heavy (non-hydrogen) atoms. The van der Waals surface area contributed by atoms with Gasteiger partial charge in [-0.3, -0.25) is 10.1 Å². The van der Waals surface area contributed by atoms with Gasteiger partial charge in [0.1, 0.15) is 0 Å². The molecule has 2 heterocycles. The minimum Gasteiger partial charge on any atom is -0.336 e. The Labute approximate surface area is 162 Å². The second-order valence-corrected chi connectivity index (χ2v) is 8.73. The third kappa shape index (κ3) is 5.38. The minimum atomic E-state index is -0.391. The molecule has 1 N–H and O–H groups in total. The highest BCUT2D eigenvalue weighted by Gasteiger charge is 2.48. The van der Waals surface area contributed by atoms with Gasteiger partial charge in [0.05, 0.1) is 0 Å². The van der Waals surface area contributed by atoms with Crippen molar-refractivity contribution in [3.63, 3.8) is 0 Å². The van der Waals surface area contributed by atoms with Gasteiger partial charge in [-0.15, -0.1) is 0 Å². The third-order valence-electron chi connectivity index (χ3n) is 5.00. The molecule has 0 aliphatic carbocycles. The van der Waals surface area contributed by atoms with Crippen LogP contribution in [0.1, 0.15) is 65.7 Å². The van der Waals surface area contributed by atoms with Gasteiger partial charge >= 0.3 is 6.03 Å². The molecule has 0 aromatic rings. The first-order valence-electron chi connectivity index (χ1n) is 10.0. The number of hydrogen-bond donors (Lipinski definition) is 1. The summed E-state index contributed by atoms with van der Waals surface area (Å²) < 4.78 is 0. The summed E-state index contributed by atoms with van der Waals surface area (Å²) in [5.41, 5.74) is 0. The van der Waals surface area contributed by atoms with E-state index in [2.05, 4.69) is 31.0 Å². The molecule has 2 rings (SSSR count). The number of nitrogens with zero attached hydrogens (tertiary/aromatic N) is 3. The molecule has 2 aliphatic heterocycles. The van der Waals surface area contributed by atoms with Gasteiger partial charge in [-0.25, -0.2) is 9.79 Å². The number of unbranched alkanes of at least 4 members (excludes halogenated alkanes) is 5. The first-order valence-corrected chi connectivity index (χ1v) is 11.0. The fraction of sp³-hybridized carbons (Fsp3) is 0.842. The number of amides is 3. The lowest BCUT2D eigenvalue weighted by atomic mass is 10.1. The van der Waals surface area contributed by atoms with Crippen LogP contribution in [0.5, 0.6) is 0 Å². The number of nitrogens with one attached hydrogen (secondary N) is 1. The molecule has 0 aromatic heterocycles. The third-order valence-corrected chi connectivity index (χ3v) is 6.04. The Morgan fingerprint density at radius 3 is 2.54 bits per heavy atom. The van der Waals surface area contributed by atoms with Crippen LogP contribution in [0.3, 0.4) is 0 Å². The van der Waals surface area contributed by atoms with Crippen molar-refractivity contribution in [3.8, 4) is 0 Å². The normalized spacial score (nSPS) is 22.7. The number of aliphatic imine (C=N–C) groups is 1. The molecule has 0 bridgehead atoms. The largest absolute Gasteiger partial charge is 0.336 e. The highest BCUT2D eigenvalue weighted by molar-refractivity contribution is 8.13. The van der Waals surface area contributed by atoms with Crippen molar-refractivity contribution in [2.75, 3.05) is 19.3 Å². The zero-order valence-electron chi connectivity index (χ0n) is 16.7. The van der Waals surface area contributed by atoms with Gasteiger partial charge in [-0.05, 0) is 18.8 Å². The Kier molecular flexibility index (Phi) is 8.25. The van der Waals surface area contributed by atoms with Crippen LogP contribution in [-0.2, 0) is 4.79 Å². The number of thioether (sulfide) groups is 1. The highest BCUT2D eigenvalue weighted by Crippen LogP contribution is 2.29. The smallest absolute Gasteiger partial charge is 0.325 e. The molecule has 6 nitrogen and oxygen atoms in total. The molecule has 0 saturated carbocycles. The van der Waals surface area contributed by atoms with Crippen molar-refractivity contribution >= 4 is 28.9 Å². The zero-order valence-corrected chi connectivity index (χ0v) is 17.5. The van der Waals surface area contributed by atoms with E-state index in [-0.39, 0.29) is 18.0 Å². The van der Waals surface area contributed by atoms with Crippen molar-refractivity contribution in [1.29, 1.82) is 0 Å². The molecule has 7 heteroatoms. The van der Waals surface area contributed by atoms with Crippen LogP contribution in [0.2, 0.25) is 0 Å². The monoisotopic (exact) mass is 382 g/mol. The summed E-state index contributed by atoms with van der Waals surface area (Å²) in [7, 11) is 1.72. The van der Waals surface area contributed by atoms with E-state index in [4.69, 9.17) is 4.99 Å². The van der Waals surface area contributed by atoms with Crippen LogP contribution >= 0.6 is 11.8 Å². The zero-order chi connectivity index (χ0) is 19.1. The molecule has 2 aliphatic rings. The fourth-order valence-electron chi connectivity index (χ4n) is 3.30. The van der Waals surface area contributed by atoms with E-state index in [0.717, 1.165) is 30.3 Å². The first-order chi connectivity index (χ1) is 12.5. The summed E-state index contributed by atoms with van der Waals surface area (Å²) in [6, 6.07) is -0.733. The number of likely N-dealkylation sites (N-methyl/N-ethyl adjacent to an activating group) is 1. The molecule has 3 amide bonds. The van der Waals surface area contributed by atoms with Gasteiger partial charge in [0, 0.05) is 19.3 Å².